The van der Waals surface area contributed by atoms with Crippen molar-refractivity contribution in [1.29, 1.82) is 0 Å². The monoisotopic (exact) mass is 383 g/mol. The van der Waals surface area contributed by atoms with Crippen LogP contribution in [0.5, 0.6) is 0 Å². The fraction of sp³-hybridized carbons (Fsp3) is 0.929. The van der Waals surface area contributed by atoms with E-state index in [-0.39, 0.29) is 0 Å². The number of nitrogens with one attached hydrogen (secondary N) is 1. The Labute approximate surface area is 148 Å². The summed E-state index contributed by atoms with van der Waals surface area (Å²) >= 11 is 0. The number of carbonyl (C=O) groups is 1. The standard InChI is InChI=1S/C14H25NO11/c1-5(19)15-8-11(22)9(20)6(2-16)24-13(8)26-14(4-18)12(23)10(21)7(3-17)25-14/h6-13,16-18,20-23H,2-4H2,1H3,(H,15,19)/t6-,7-,8-,9-,10-,11-,12+,13-,14+/m1/s1. The Hall–Kier alpha value is -0.930. The molecule has 0 spiro atoms. The highest BCUT2D eigenvalue weighted by Crippen LogP contribution is 2.35. The van der Waals surface area contributed by atoms with Gasteiger partial charge in [0, 0.05) is 6.92 Å². The van der Waals surface area contributed by atoms with Gasteiger partial charge in [-0.25, -0.2) is 0 Å². The van der Waals surface area contributed by atoms with Gasteiger partial charge < -0.3 is 55.3 Å². The maximum atomic E-state index is 11.4. The molecule has 2 aliphatic heterocycles. The second-order valence-corrected chi connectivity index (χ2v) is 6.30. The molecular formula is C14H25NO11. The lowest BCUT2D eigenvalue weighted by molar-refractivity contribution is -0.368. The third-order valence-electron chi connectivity index (χ3n) is 4.47. The first-order chi connectivity index (χ1) is 12.2. The molecule has 0 bridgehead atoms. The van der Waals surface area contributed by atoms with E-state index in [4.69, 9.17) is 14.2 Å². The molecule has 2 rings (SSSR count). The molecule has 0 unspecified atom stereocenters. The van der Waals surface area contributed by atoms with Crippen LogP contribution in [0, 0.1) is 0 Å². The lowest BCUT2D eigenvalue weighted by Crippen LogP contribution is -2.67. The van der Waals surface area contributed by atoms with Crippen LogP contribution in [0.4, 0.5) is 0 Å². The topological polar surface area (TPSA) is 198 Å². The molecule has 9 atom stereocenters. The van der Waals surface area contributed by atoms with Crippen LogP contribution in [0.3, 0.4) is 0 Å². The summed E-state index contributed by atoms with van der Waals surface area (Å²) in [5.41, 5.74) is 0. The highest BCUT2D eigenvalue weighted by Gasteiger charge is 2.58. The summed E-state index contributed by atoms with van der Waals surface area (Å²) in [7, 11) is 0. The highest BCUT2D eigenvalue weighted by atomic mass is 16.8. The van der Waals surface area contributed by atoms with E-state index in [0.717, 1.165) is 6.92 Å². The van der Waals surface area contributed by atoms with Crippen molar-refractivity contribution >= 4 is 5.91 Å². The summed E-state index contributed by atoms with van der Waals surface area (Å²) < 4.78 is 16.0. The summed E-state index contributed by atoms with van der Waals surface area (Å²) in [5, 5.41) is 70.7. The number of ether oxygens (including phenoxy) is 3. The molecule has 2 saturated heterocycles. The van der Waals surface area contributed by atoms with E-state index in [1.165, 1.54) is 0 Å². The van der Waals surface area contributed by atoms with Crippen LogP contribution >= 0.6 is 0 Å². The van der Waals surface area contributed by atoms with Crippen molar-refractivity contribution in [3.63, 3.8) is 0 Å². The molecule has 12 heteroatoms. The summed E-state index contributed by atoms with van der Waals surface area (Å²) in [5.74, 6) is -2.82. The van der Waals surface area contributed by atoms with Crippen LogP contribution in [0.1, 0.15) is 6.92 Å². The molecule has 0 aromatic rings. The van der Waals surface area contributed by atoms with Gasteiger partial charge in [-0.1, -0.05) is 0 Å². The molecule has 0 aromatic carbocycles. The van der Waals surface area contributed by atoms with Crippen LogP contribution < -0.4 is 5.32 Å². The number of amides is 1. The molecule has 0 radical (unpaired) electrons. The molecule has 0 saturated carbocycles. The van der Waals surface area contributed by atoms with Crippen LogP contribution in [-0.2, 0) is 19.0 Å². The van der Waals surface area contributed by atoms with E-state index in [1.54, 1.807) is 0 Å². The van der Waals surface area contributed by atoms with Gasteiger partial charge in [0.15, 0.2) is 6.29 Å². The minimum atomic E-state index is -2.23. The summed E-state index contributed by atoms with van der Waals surface area (Å²) in [6.45, 7) is -1.19. The van der Waals surface area contributed by atoms with Gasteiger partial charge in [0.2, 0.25) is 11.7 Å². The van der Waals surface area contributed by atoms with Crippen molar-refractivity contribution in [1.82, 2.24) is 5.32 Å². The van der Waals surface area contributed by atoms with Crippen molar-refractivity contribution < 1.29 is 54.8 Å². The third kappa shape index (κ3) is 3.84. The number of rotatable bonds is 6. The van der Waals surface area contributed by atoms with Crippen molar-refractivity contribution in [2.75, 3.05) is 19.8 Å². The smallest absolute Gasteiger partial charge is 0.224 e. The molecule has 152 valence electrons. The molecule has 12 nitrogen and oxygen atoms in total. The van der Waals surface area contributed by atoms with E-state index in [1.807, 2.05) is 0 Å². The minimum absolute atomic E-state index is 0.597. The average molecular weight is 383 g/mol. The van der Waals surface area contributed by atoms with Crippen molar-refractivity contribution in [2.24, 2.45) is 0 Å². The zero-order valence-electron chi connectivity index (χ0n) is 14.0. The van der Waals surface area contributed by atoms with E-state index in [0.29, 0.717) is 0 Å². The van der Waals surface area contributed by atoms with Crippen molar-refractivity contribution in [2.45, 2.75) is 61.7 Å². The maximum Gasteiger partial charge on any atom is 0.224 e. The zero-order chi connectivity index (χ0) is 19.6. The highest BCUT2D eigenvalue weighted by molar-refractivity contribution is 5.73. The molecule has 1 amide bonds. The lowest BCUT2D eigenvalue weighted by atomic mass is 9.96. The fourth-order valence-electron chi connectivity index (χ4n) is 3.04. The van der Waals surface area contributed by atoms with Gasteiger partial charge in [0.05, 0.1) is 13.2 Å². The van der Waals surface area contributed by atoms with Gasteiger partial charge in [-0.2, -0.15) is 0 Å². The molecule has 2 heterocycles. The Balaban J connectivity index is 2.28. The molecule has 8 N–H and O–H groups in total. The van der Waals surface area contributed by atoms with E-state index in [9.17, 15) is 40.5 Å². The van der Waals surface area contributed by atoms with Crippen LogP contribution in [0.15, 0.2) is 0 Å². The number of aliphatic hydroxyl groups excluding tert-OH is 7. The predicted octanol–water partition coefficient (Wildman–Crippen LogP) is -5.25. The fourth-order valence-corrected chi connectivity index (χ4v) is 3.04. The second-order valence-electron chi connectivity index (χ2n) is 6.30. The molecule has 0 aromatic heterocycles. The first kappa shape index (κ1) is 21.4. The Bertz CT molecular complexity index is 494. The van der Waals surface area contributed by atoms with Gasteiger partial charge in [-0.05, 0) is 0 Å². The van der Waals surface area contributed by atoms with Gasteiger partial charge in [0.1, 0.15) is 49.3 Å². The molecule has 2 fully saturated rings. The Morgan fingerprint density at radius 1 is 1.04 bits per heavy atom. The van der Waals surface area contributed by atoms with Gasteiger partial charge in [0.25, 0.3) is 0 Å². The third-order valence-corrected chi connectivity index (χ3v) is 4.47. The van der Waals surface area contributed by atoms with E-state index < -0.39 is 80.5 Å². The number of carbonyl (C=O) groups excluding carboxylic acids is 1. The van der Waals surface area contributed by atoms with Crippen LogP contribution in [0.25, 0.3) is 0 Å². The Morgan fingerprint density at radius 2 is 1.65 bits per heavy atom. The van der Waals surface area contributed by atoms with E-state index in [2.05, 4.69) is 5.32 Å². The van der Waals surface area contributed by atoms with Crippen molar-refractivity contribution in [3.8, 4) is 0 Å². The summed E-state index contributed by atoms with van der Waals surface area (Å²) in [4.78, 5) is 11.4. The second kappa shape index (κ2) is 8.39. The van der Waals surface area contributed by atoms with Crippen LogP contribution in [0.2, 0.25) is 0 Å². The largest absolute Gasteiger partial charge is 0.394 e. The number of aliphatic hydroxyl groups is 7. The van der Waals surface area contributed by atoms with Crippen molar-refractivity contribution in [3.05, 3.63) is 0 Å². The lowest BCUT2D eigenvalue weighted by Gasteiger charge is -2.45. The Morgan fingerprint density at radius 3 is 2.12 bits per heavy atom. The first-order valence-electron chi connectivity index (χ1n) is 8.03. The number of hydrogen-bond acceptors (Lipinski definition) is 11. The SMILES string of the molecule is CC(=O)N[C@H]1[C@@H](O[C@]2(CO)O[C@H](CO)[C@@H](O)[C@@H]2O)O[C@H](CO)[C@@H](O)[C@@H]1O. The minimum Gasteiger partial charge on any atom is -0.394 e. The molecule has 26 heavy (non-hydrogen) atoms. The van der Waals surface area contributed by atoms with Gasteiger partial charge >= 0.3 is 0 Å². The van der Waals surface area contributed by atoms with E-state index >= 15 is 0 Å². The summed E-state index contributed by atoms with van der Waals surface area (Å²) in [6.07, 6.45) is -10.6. The predicted molar refractivity (Wildman–Crippen MR) is 80.2 cm³/mol. The Kier molecular flexibility index (Phi) is 6.90. The maximum absolute atomic E-state index is 11.4. The van der Waals surface area contributed by atoms with Gasteiger partial charge in [-0.15, -0.1) is 0 Å². The first-order valence-corrected chi connectivity index (χ1v) is 8.03. The summed E-state index contributed by atoms with van der Waals surface area (Å²) in [6, 6.07) is -1.34. The zero-order valence-corrected chi connectivity index (χ0v) is 14.0. The normalized spacial score (nSPS) is 46.3. The number of hydrogen-bond donors (Lipinski definition) is 8. The average Bonchev–Trinajstić information content (AvgIpc) is 2.86. The quantitative estimate of drug-likeness (QED) is 0.218. The molecule has 0 aliphatic carbocycles. The van der Waals surface area contributed by atoms with Gasteiger partial charge in [-0.3, -0.25) is 4.79 Å². The van der Waals surface area contributed by atoms with Crippen LogP contribution in [-0.4, -0.2) is 116 Å². The molecular weight excluding hydrogens is 358 g/mol. The molecule has 2 aliphatic rings.